The summed E-state index contributed by atoms with van der Waals surface area (Å²) in [5, 5.41) is 3.53. The van der Waals surface area contributed by atoms with Gasteiger partial charge in [0.15, 0.2) is 5.65 Å². The number of aromatic nitrogens is 3. The van der Waals surface area contributed by atoms with Crippen molar-refractivity contribution in [3.8, 4) is 0 Å². The second-order valence-corrected chi connectivity index (χ2v) is 8.22. The van der Waals surface area contributed by atoms with Crippen LogP contribution in [0, 0.1) is 5.82 Å². The average Bonchev–Trinajstić information content (AvgIpc) is 2.99. The predicted octanol–water partition coefficient (Wildman–Crippen LogP) is 3.43. The van der Waals surface area contributed by atoms with Crippen LogP contribution in [0.25, 0.3) is 16.6 Å². The van der Waals surface area contributed by atoms with E-state index in [0.717, 1.165) is 0 Å². The number of benzene rings is 1. The Balaban J connectivity index is 1.59. The second kappa shape index (κ2) is 6.61. The first-order chi connectivity index (χ1) is 13.2. The lowest BCUT2D eigenvalue weighted by Crippen LogP contribution is -2.41. The zero-order chi connectivity index (χ0) is 20.1. The monoisotopic (exact) mass is 386 g/mol. The Morgan fingerprint density at radius 3 is 2.64 bits per heavy atom. The minimum Gasteiger partial charge on any atom is -0.444 e. The van der Waals surface area contributed by atoms with Gasteiger partial charge in [-0.3, -0.25) is 9.89 Å². The molecule has 3 aromatic rings. The number of nitrogens with one attached hydrogen (secondary N) is 1. The lowest BCUT2D eigenvalue weighted by atomic mass is 9.93. The van der Waals surface area contributed by atoms with E-state index in [1.54, 1.807) is 11.0 Å². The van der Waals surface area contributed by atoms with Crippen molar-refractivity contribution in [2.75, 3.05) is 13.1 Å². The highest BCUT2D eigenvalue weighted by molar-refractivity contribution is 5.91. The number of hydrogen-bond acceptors (Lipinski definition) is 4. The number of fused-ring (bicyclic) bond motifs is 3. The third-order valence-electron chi connectivity index (χ3n) is 4.96. The first-order valence-corrected chi connectivity index (χ1v) is 9.40. The summed E-state index contributed by atoms with van der Waals surface area (Å²) in [4.78, 5) is 31.1. The number of carbonyl (C=O) groups is 1. The molecule has 3 heterocycles. The Hall–Kier alpha value is -2.90. The molecule has 1 aliphatic rings. The van der Waals surface area contributed by atoms with Gasteiger partial charge >= 0.3 is 6.09 Å². The molecule has 2 aromatic heterocycles. The van der Waals surface area contributed by atoms with Crippen molar-refractivity contribution in [2.24, 2.45) is 0 Å². The molecule has 0 radical (unpaired) electrons. The Morgan fingerprint density at radius 1 is 1.25 bits per heavy atom. The molecule has 0 saturated carbocycles. The van der Waals surface area contributed by atoms with E-state index in [-0.39, 0.29) is 23.4 Å². The fourth-order valence-corrected chi connectivity index (χ4v) is 3.60. The van der Waals surface area contributed by atoms with E-state index in [1.807, 2.05) is 20.8 Å². The maximum absolute atomic E-state index is 13.7. The number of hydrogen-bond donors (Lipinski definition) is 1. The van der Waals surface area contributed by atoms with Gasteiger partial charge in [0, 0.05) is 30.5 Å². The molecule has 0 aliphatic carbocycles. The van der Waals surface area contributed by atoms with Crippen LogP contribution in [-0.4, -0.2) is 44.3 Å². The fourth-order valence-electron chi connectivity index (χ4n) is 3.60. The van der Waals surface area contributed by atoms with Crippen LogP contribution in [0.15, 0.2) is 29.1 Å². The van der Waals surface area contributed by atoms with Gasteiger partial charge in [0.1, 0.15) is 11.4 Å². The number of H-pyrrole nitrogens is 1. The molecule has 148 valence electrons. The quantitative estimate of drug-likeness (QED) is 0.695. The molecule has 0 spiro atoms. The molecule has 8 heteroatoms. The van der Waals surface area contributed by atoms with E-state index < -0.39 is 5.60 Å². The fraction of sp³-hybridized carbons (Fsp3) is 0.450. The number of piperidine rings is 1. The Bertz CT molecular complexity index is 1100. The van der Waals surface area contributed by atoms with Crippen LogP contribution >= 0.6 is 0 Å². The number of halogens is 1. The zero-order valence-corrected chi connectivity index (χ0v) is 16.2. The summed E-state index contributed by atoms with van der Waals surface area (Å²) in [6.07, 6.45) is 1.07. The molecule has 1 aromatic carbocycles. The lowest BCUT2D eigenvalue weighted by Gasteiger charge is -2.33. The summed E-state index contributed by atoms with van der Waals surface area (Å²) in [7, 11) is 0. The molecular weight excluding hydrogens is 363 g/mol. The van der Waals surface area contributed by atoms with Crippen LogP contribution < -0.4 is 5.56 Å². The Labute approximate surface area is 161 Å². The molecule has 1 saturated heterocycles. The Morgan fingerprint density at radius 2 is 1.96 bits per heavy atom. The summed E-state index contributed by atoms with van der Waals surface area (Å²) in [5.74, 6) is -0.311. The van der Waals surface area contributed by atoms with Crippen LogP contribution in [0.3, 0.4) is 0 Å². The average molecular weight is 386 g/mol. The first kappa shape index (κ1) is 18.5. The third kappa shape index (κ3) is 3.46. The number of rotatable bonds is 1. The van der Waals surface area contributed by atoms with Crippen LogP contribution in [0.5, 0.6) is 0 Å². The van der Waals surface area contributed by atoms with Crippen LogP contribution in [0.1, 0.15) is 45.2 Å². The smallest absolute Gasteiger partial charge is 0.410 e. The van der Waals surface area contributed by atoms with Gasteiger partial charge in [-0.2, -0.15) is 0 Å². The number of ether oxygens (including phenoxy) is 1. The number of nitrogens with zero attached hydrogens (tertiary/aromatic N) is 3. The topological polar surface area (TPSA) is 79.7 Å². The normalized spacial score (nSPS) is 16.1. The Kier molecular flexibility index (Phi) is 4.36. The molecule has 7 nitrogen and oxygen atoms in total. The predicted molar refractivity (Wildman–Crippen MR) is 103 cm³/mol. The van der Waals surface area contributed by atoms with Crippen LogP contribution in [0.2, 0.25) is 0 Å². The van der Waals surface area contributed by atoms with E-state index in [2.05, 4.69) is 10.1 Å². The lowest BCUT2D eigenvalue weighted by molar-refractivity contribution is 0.0204. The van der Waals surface area contributed by atoms with Crippen molar-refractivity contribution in [3.63, 3.8) is 0 Å². The van der Waals surface area contributed by atoms with Gasteiger partial charge < -0.3 is 9.64 Å². The van der Waals surface area contributed by atoms with Gasteiger partial charge in [-0.15, -0.1) is 0 Å². The van der Waals surface area contributed by atoms with Crippen molar-refractivity contribution in [2.45, 2.75) is 45.1 Å². The van der Waals surface area contributed by atoms with Crippen molar-refractivity contribution in [1.29, 1.82) is 0 Å². The maximum Gasteiger partial charge on any atom is 0.410 e. The highest BCUT2D eigenvalue weighted by atomic mass is 19.1. The van der Waals surface area contributed by atoms with Gasteiger partial charge in [-0.05, 0) is 51.8 Å². The van der Waals surface area contributed by atoms with E-state index >= 15 is 0 Å². The molecule has 0 bridgehead atoms. The molecule has 0 unspecified atom stereocenters. The molecule has 1 fully saturated rings. The summed E-state index contributed by atoms with van der Waals surface area (Å²) in [6.45, 7) is 6.61. The molecule has 1 amide bonds. The van der Waals surface area contributed by atoms with E-state index in [0.29, 0.717) is 48.2 Å². The van der Waals surface area contributed by atoms with Crippen LogP contribution in [0.4, 0.5) is 9.18 Å². The largest absolute Gasteiger partial charge is 0.444 e. The SMILES string of the molecule is CC(C)(C)OC(=O)N1CCC(c2cc(=O)n3[nH]c4ccc(F)cc4c3n2)CC1. The molecule has 1 N–H and O–H groups in total. The minimum atomic E-state index is -0.528. The second-order valence-electron chi connectivity index (χ2n) is 8.22. The number of carbonyl (C=O) groups excluding carboxylic acids is 1. The molecule has 28 heavy (non-hydrogen) atoms. The standard InChI is InChI=1S/C20H23FN4O3/c1-20(2,3)28-19(27)24-8-6-12(7-9-24)16-11-17(26)25-18(22-16)14-10-13(21)4-5-15(14)23-25/h4-5,10-12,23H,6-9H2,1-3H3. The molecule has 0 atom stereocenters. The van der Waals surface area contributed by atoms with Crippen molar-refractivity contribution in [3.05, 3.63) is 46.1 Å². The van der Waals surface area contributed by atoms with E-state index in [9.17, 15) is 14.0 Å². The summed E-state index contributed by atoms with van der Waals surface area (Å²) in [5.41, 5.74) is 0.999. The highest BCUT2D eigenvalue weighted by Gasteiger charge is 2.28. The van der Waals surface area contributed by atoms with Gasteiger partial charge in [0.2, 0.25) is 0 Å². The number of amides is 1. The van der Waals surface area contributed by atoms with Gasteiger partial charge in [-0.25, -0.2) is 18.7 Å². The van der Waals surface area contributed by atoms with Crippen LogP contribution in [-0.2, 0) is 4.74 Å². The number of aromatic amines is 1. The van der Waals surface area contributed by atoms with Gasteiger partial charge in [-0.1, -0.05) is 0 Å². The third-order valence-corrected chi connectivity index (χ3v) is 4.96. The van der Waals surface area contributed by atoms with E-state index in [1.165, 1.54) is 22.7 Å². The zero-order valence-electron chi connectivity index (χ0n) is 16.2. The molecule has 4 rings (SSSR count). The first-order valence-electron chi connectivity index (χ1n) is 9.40. The maximum atomic E-state index is 13.7. The minimum absolute atomic E-state index is 0.0647. The van der Waals surface area contributed by atoms with Crippen molar-refractivity contribution < 1.29 is 13.9 Å². The summed E-state index contributed by atoms with van der Waals surface area (Å²) < 4.78 is 20.4. The van der Waals surface area contributed by atoms with Gasteiger partial charge in [0.25, 0.3) is 5.56 Å². The van der Waals surface area contributed by atoms with Crippen molar-refractivity contribution >= 4 is 22.6 Å². The molecule has 1 aliphatic heterocycles. The molecular formula is C20H23FN4O3. The summed E-state index contributed by atoms with van der Waals surface area (Å²) in [6, 6.07) is 5.84. The summed E-state index contributed by atoms with van der Waals surface area (Å²) >= 11 is 0. The highest BCUT2D eigenvalue weighted by Crippen LogP contribution is 2.28. The van der Waals surface area contributed by atoms with E-state index in [4.69, 9.17) is 4.74 Å². The van der Waals surface area contributed by atoms with Crippen molar-refractivity contribution in [1.82, 2.24) is 19.5 Å². The van der Waals surface area contributed by atoms with Gasteiger partial charge in [0.05, 0.1) is 11.2 Å². The number of likely N-dealkylation sites (tertiary alicyclic amines) is 1.